The van der Waals surface area contributed by atoms with E-state index in [2.05, 4.69) is 45.0 Å². The fourth-order valence-corrected chi connectivity index (χ4v) is 7.75. The van der Waals surface area contributed by atoms with E-state index < -0.39 is 6.04 Å². The van der Waals surface area contributed by atoms with Gasteiger partial charge in [0.2, 0.25) is 11.8 Å². The predicted octanol–water partition coefficient (Wildman–Crippen LogP) is 6.68. The van der Waals surface area contributed by atoms with Crippen molar-refractivity contribution in [3.05, 3.63) is 103 Å². The highest BCUT2D eigenvalue weighted by Crippen LogP contribution is 2.39. The highest BCUT2D eigenvalue weighted by atomic mass is 35.5. The number of hydrogen-bond donors (Lipinski definition) is 3. The lowest BCUT2D eigenvalue weighted by Crippen LogP contribution is -2.29. The van der Waals surface area contributed by atoms with Crippen LogP contribution in [0.1, 0.15) is 73.0 Å². The summed E-state index contributed by atoms with van der Waals surface area (Å²) in [4.78, 5) is 50.5. The number of para-hydroxylation sites is 1. The van der Waals surface area contributed by atoms with Crippen molar-refractivity contribution in [2.75, 3.05) is 30.4 Å². The molecule has 4 heterocycles. The van der Waals surface area contributed by atoms with Gasteiger partial charge in [-0.15, -0.1) is 32.9 Å². The van der Waals surface area contributed by atoms with Crippen LogP contribution in [0.15, 0.2) is 53.5 Å². The zero-order valence-corrected chi connectivity index (χ0v) is 31.2. The Labute approximate surface area is 308 Å². The fraction of sp³-hybridized carbons (Fsp3) is 0.306. The quantitative estimate of drug-likeness (QED) is 0.121. The number of carbonyl (C=O) groups excluding carboxylic acids is 3. The summed E-state index contributed by atoms with van der Waals surface area (Å²) in [5, 5.41) is 19.4. The Hall–Kier alpha value is -4.76. The van der Waals surface area contributed by atoms with Gasteiger partial charge in [-0.05, 0) is 64.4 Å². The van der Waals surface area contributed by atoms with Gasteiger partial charge in [-0.1, -0.05) is 35.9 Å². The van der Waals surface area contributed by atoms with Crippen molar-refractivity contribution < 1.29 is 19.1 Å². The van der Waals surface area contributed by atoms with Crippen LogP contribution in [0.5, 0.6) is 0 Å². The summed E-state index contributed by atoms with van der Waals surface area (Å²) in [7, 11) is 0. The first-order valence-corrected chi connectivity index (χ1v) is 18.4. The van der Waals surface area contributed by atoms with Crippen LogP contribution >= 0.6 is 34.3 Å². The molecular formula is C36H37ClN8O4S2. The van der Waals surface area contributed by atoms with Crippen molar-refractivity contribution in [1.29, 1.82) is 0 Å². The maximum absolute atomic E-state index is 13.2. The molecule has 3 aromatic heterocycles. The Morgan fingerprint density at radius 1 is 0.902 bits per heavy atom. The third kappa shape index (κ3) is 8.09. The van der Waals surface area contributed by atoms with Crippen LogP contribution in [0.3, 0.4) is 0 Å². The number of halogens is 1. The molecule has 0 aliphatic carbocycles. The molecule has 0 spiro atoms. The molecule has 1 aliphatic heterocycles. The minimum atomic E-state index is -0.583. The molecule has 2 aromatic carbocycles. The number of amides is 3. The first-order chi connectivity index (χ1) is 24.5. The molecule has 0 unspecified atom stereocenters. The van der Waals surface area contributed by atoms with Crippen LogP contribution in [0.25, 0.3) is 5.00 Å². The van der Waals surface area contributed by atoms with Gasteiger partial charge in [-0.25, -0.2) is 4.98 Å². The SMILES string of the molecule is Cc1nc(NC(=O)c2ccccc2NC(=O)CCOCCNC(=O)C[C@@H]2N=C(c3ccc(Cl)cc3)c3c(sc(C)c3C)-n3c(C)nnc32)sc1C. The smallest absolute Gasteiger partial charge is 0.259 e. The lowest BCUT2D eigenvalue weighted by Gasteiger charge is -2.13. The lowest BCUT2D eigenvalue weighted by atomic mass is 9.99. The van der Waals surface area contributed by atoms with Gasteiger partial charge < -0.3 is 15.4 Å². The molecule has 5 aromatic rings. The van der Waals surface area contributed by atoms with Crippen molar-refractivity contribution in [3.8, 4) is 5.00 Å². The van der Waals surface area contributed by atoms with E-state index in [0.717, 1.165) is 43.8 Å². The molecule has 1 aliphatic rings. The van der Waals surface area contributed by atoms with Crippen LogP contribution in [-0.4, -0.2) is 62.9 Å². The number of aliphatic imine (C=N–C) groups is 1. The van der Waals surface area contributed by atoms with E-state index in [1.54, 1.807) is 35.6 Å². The molecule has 0 fully saturated rings. The van der Waals surface area contributed by atoms with Gasteiger partial charge in [0, 0.05) is 32.4 Å². The van der Waals surface area contributed by atoms with Gasteiger partial charge in [0.25, 0.3) is 5.91 Å². The van der Waals surface area contributed by atoms with Gasteiger partial charge in [0.15, 0.2) is 11.0 Å². The van der Waals surface area contributed by atoms with Crippen LogP contribution in [0.2, 0.25) is 5.02 Å². The number of nitrogens with zero attached hydrogens (tertiary/aromatic N) is 5. The largest absolute Gasteiger partial charge is 0.379 e. The normalized spacial score (nSPS) is 13.5. The molecule has 3 amide bonds. The van der Waals surface area contributed by atoms with Crippen molar-refractivity contribution in [2.45, 2.75) is 53.5 Å². The molecule has 15 heteroatoms. The van der Waals surface area contributed by atoms with Crippen LogP contribution < -0.4 is 16.0 Å². The van der Waals surface area contributed by atoms with E-state index in [0.29, 0.717) is 27.2 Å². The van der Waals surface area contributed by atoms with Gasteiger partial charge in [-0.2, -0.15) is 0 Å². The maximum Gasteiger partial charge on any atom is 0.259 e. The van der Waals surface area contributed by atoms with Crippen molar-refractivity contribution in [2.24, 2.45) is 4.99 Å². The van der Waals surface area contributed by atoms with Crippen LogP contribution in [0, 0.1) is 34.6 Å². The first kappa shape index (κ1) is 36.0. The van der Waals surface area contributed by atoms with E-state index >= 15 is 0 Å². The van der Waals surface area contributed by atoms with Gasteiger partial charge in [0.05, 0.1) is 48.7 Å². The number of nitrogens with one attached hydrogen (secondary N) is 3. The Morgan fingerprint density at radius 2 is 1.67 bits per heavy atom. The molecule has 12 nitrogen and oxygen atoms in total. The molecule has 3 N–H and O–H groups in total. The molecule has 264 valence electrons. The Morgan fingerprint density at radius 3 is 2.41 bits per heavy atom. The van der Waals surface area contributed by atoms with E-state index in [9.17, 15) is 14.4 Å². The number of aromatic nitrogens is 4. The van der Waals surface area contributed by atoms with E-state index in [4.69, 9.17) is 21.3 Å². The first-order valence-electron chi connectivity index (χ1n) is 16.3. The summed E-state index contributed by atoms with van der Waals surface area (Å²) in [6.07, 6.45) is 0.121. The highest BCUT2D eigenvalue weighted by molar-refractivity contribution is 7.16. The minimum absolute atomic E-state index is 0.0549. The zero-order chi connectivity index (χ0) is 36.2. The number of benzene rings is 2. The Bertz CT molecular complexity index is 2120. The number of thiazole rings is 1. The van der Waals surface area contributed by atoms with Crippen molar-refractivity contribution in [3.63, 3.8) is 0 Å². The predicted molar refractivity (Wildman–Crippen MR) is 201 cm³/mol. The number of anilines is 2. The molecule has 6 rings (SSSR count). The summed E-state index contributed by atoms with van der Waals surface area (Å²) in [6.45, 7) is 10.5. The number of rotatable bonds is 12. The lowest BCUT2D eigenvalue weighted by molar-refractivity contribution is -0.122. The number of fused-ring (bicyclic) bond motifs is 3. The summed E-state index contributed by atoms with van der Waals surface area (Å²) >= 11 is 9.25. The molecular weight excluding hydrogens is 708 g/mol. The van der Waals surface area contributed by atoms with Crippen LogP contribution in [-0.2, 0) is 14.3 Å². The number of hydrogen-bond acceptors (Lipinski definition) is 10. The molecule has 0 bridgehead atoms. The zero-order valence-electron chi connectivity index (χ0n) is 28.8. The van der Waals surface area contributed by atoms with Gasteiger partial charge in [-0.3, -0.25) is 29.3 Å². The summed E-state index contributed by atoms with van der Waals surface area (Å²) in [5.74, 6) is 0.434. The number of thiophene rings is 1. The standard InChI is InChI=1S/C36H37ClN8O4S2/c1-19-21(3)50-35-31(19)32(24-10-12-25(37)13-11-24)41-28(33-44-43-23(5)45(33)35)18-30(47)38-15-17-49-16-14-29(46)40-27-9-7-6-8-26(27)34(48)42-36-39-20(2)22(4)51-36/h6-13,28H,14-18H2,1-5H3,(H,38,47)(H,40,46)(H,39,42,48)/t28-/m0/s1. The molecule has 0 radical (unpaired) electrons. The average molecular weight is 745 g/mol. The molecule has 0 saturated heterocycles. The third-order valence-electron chi connectivity index (χ3n) is 8.47. The second-order valence-electron chi connectivity index (χ2n) is 12.0. The Balaban J connectivity index is 1.02. The summed E-state index contributed by atoms with van der Waals surface area (Å²) in [5.41, 5.74) is 5.37. The third-order valence-corrected chi connectivity index (χ3v) is 10.9. The van der Waals surface area contributed by atoms with E-state index in [1.165, 1.54) is 16.2 Å². The monoisotopic (exact) mass is 744 g/mol. The summed E-state index contributed by atoms with van der Waals surface area (Å²) < 4.78 is 7.65. The fourth-order valence-electron chi connectivity index (χ4n) is 5.60. The van der Waals surface area contributed by atoms with Gasteiger partial charge >= 0.3 is 0 Å². The number of carbonyl (C=O) groups is 3. The summed E-state index contributed by atoms with van der Waals surface area (Å²) in [6, 6.07) is 13.7. The van der Waals surface area contributed by atoms with E-state index in [1.807, 2.05) is 49.6 Å². The molecule has 51 heavy (non-hydrogen) atoms. The average Bonchev–Trinajstić information content (AvgIpc) is 3.70. The van der Waals surface area contributed by atoms with Crippen molar-refractivity contribution >= 4 is 68.5 Å². The van der Waals surface area contributed by atoms with Crippen LogP contribution in [0.4, 0.5) is 10.8 Å². The number of ether oxygens (including phenoxy) is 1. The second-order valence-corrected chi connectivity index (χ2v) is 14.9. The Kier molecular flexibility index (Phi) is 11.1. The van der Waals surface area contributed by atoms with E-state index in [-0.39, 0.29) is 50.3 Å². The highest BCUT2D eigenvalue weighted by Gasteiger charge is 2.32. The van der Waals surface area contributed by atoms with Gasteiger partial charge in [0.1, 0.15) is 16.9 Å². The molecule has 1 atom stereocenters. The minimum Gasteiger partial charge on any atom is -0.379 e. The second kappa shape index (κ2) is 15.6. The number of aryl methyl sites for hydroxylation is 4. The maximum atomic E-state index is 13.2. The molecule has 0 saturated carbocycles. The topological polar surface area (TPSA) is 152 Å². The van der Waals surface area contributed by atoms with Crippen molar-refractivity contribution in [1.82, 2.24) is 25.1 Å².